The molecule has 2 heterocycles. The molecule has 4 aliphatic carbocycles. The Hall–Kier alpha value is -1.15. The highest BCUT2D eigenvalue weighted by Crippen LogP contribution is 2.55. The van der Waals surface area contributed by atoms with Gasteiger partial charge < -0.3 is 10.1 Å². The first-order valence-corrected chi connectivity index (χ1v) is 11.3. The summed E-state index contributed by atoms with van der Waals surface area (Å²) in [5.74, 6) is 2.63. The molecular weight excluding hydrogens is 362 g/mol. The number of aromatic nitrogens is 4. The van der Waals surface area contributed by atoms with Crippen LogP contribution in [0.1, 0.15) is 58.3 Å². The minimum Gasteiger partial charge on any atom is -0.376 e. The molecule has 1 aliphatic heterocycles. The third-order valence-corrected chi connectivity index (χ3v) is 8.05. The number of tetrazole rings is 1. The van der Waals surface area contributed by atoms with E-state index in [4.69, 9.17) is 4.74 Å². The quantitative estimate of drug-likeness (QED) is 0.750. The van der Waals surface area contributed by atoms with E-state index in [2.05, 4.69) is 20.8 Å². The average Bonchev–Trinajstić information content (AvgIpc) is 3.26. The molecule has 2 unspecified atom stereocenters. The van der Waals surface area contributed by atoms with Crippen LogP contribution in [-0.2, 0) is 16.1 Å². The third-order valence-electron chi connectivity index (χ3n) is 6.98. The van der Waals surface area contributed by atoms with Crippen molar-refractivity contribution in [2.24, 2.45) is 17.8 Å². The number of hydrogen-bond acceptors (Lipinski definition) is 6. The number of thioether (sulfide) groups is 1. The number of rotatable bonds is 6. The molecule has 1 amide bonds. The highest BCUT2D eigenvalue weighted by molar-refractivity contribution is 8.00. The Morgan fingerprint density at radius 3 is 2.63 bits per heavy atom. The highest BCUT2D eigenvalue weighted by atomic mass is 32.2. The lowest BCUT2D eigenvalue weighted by Crippen LogP contribution is -2.60. The topological polar surface area (TPSA) is 81.9 Å². The molecule has 0 aromatic carbocycles. The van der Waals surface area contributed by atoms with Crippen LogP contribution in [0.25, 0.3) is 0 Å². The van der Waals surface area contributed by atoms with Gasteiger partial charge in [0.1, 0.15) is 0 Å². The number of nitrogens with one attached hydrogen (secondary N) is 1. The van der Waals surface area contributed by atoms with Crippen molar-refractivity contribution in [2.45, 2.75) is 86.9 Å². The van der Waals surface area contributed by atoms with Gasteiger partial charge in [0, 0.05) is 12.1 Å². The van der Waals surface area contributed by atoms with Gasteiger partial charge in [-0.05, 0) is 86.5 Å². The average molecular weight is 392 g/mol. The number of carbonyl (C=O) groups is 1. The van der Waals surface area contributed by atoms with Crippen molar-refractivity contribution in [3.63, 3.8) is 0 Å². The van der Waals surface area contributed by atoms with Crippen LogP contribution in [0.5, 0.6) is 0 Å². The summed E-state index contributed by atoms with van der Waals surface area (Å²) in [5, 5.41) is 16.0. The molecule has 148 valence electrons. The molecular formula is C19H29N5O2S. The van der Waals surface area contributed by atoms with Crippen molar-refractivity contribution < 1.29 is 9.53 Å². The lowest BCUT2D eigenvalue weighted by molar-refractivity contribution is -0.126. The summed E-state index contributed by atoms with van der Waals surface area (Å²) in [4.78, 5) is 13.0. The van der Waals surface area contributed by atoms with Crippen LogP contribution in [0.2, 0.25) is 0 Å². The van der Waals surface area contributed by atoms with Gasteiger partial charge in [0.2, 0.25) is 11.1 Å². The Labute approximate surface area is 164 Å². The number of carbonyl (C=O) groups excluding carboxylic acids is 1. The van der Waals surface area contributed by atoms with Crippen LogP contribution >= 0.6 is 11.8 Å². The maximum absolute atomic E-state index is 13.0. The summed E-state index contributed by atoms with van der Waals surface area (Å²) >= 11 is 1.46. The Bertz CT molecular complexity index is 667. The maximum Gasteiger partial charge on any atom is 0.233 e. The summed E-state index contributed by atoms with van der Waals surface area (Å²) in [6, 6.07) is 0. The van der Waals surface area contributed by atoms with Crippen molar-refractivity contribution in [1.29, 1.82) is 0 Å². The molecule has 7 nitrogen and oxygen atoms in total. The van der Waals surface area contributed by atoms with Crippen molar-refractivity contribution in [3.05, 3.63) is 0 Å². The first kappa shape index (κ1) is 17.9. The molecule has 5 fully saturated rings. The molecule has 0 radical (unpaired) electrons. The predicted octanol–water partition coefficient (Wildman–Crippen LogP) is 2.42. The van der Waals surface area contributed by atoms with Gasteiger partial charge in [0.25, 0.3) is 0 Å². The molecule has 1 aromatic heterocycles. The number of nitrogens with zero attached hydrogens (tertiary/aromatic N) is 4. The van der Waals surface area contributed by atoms with Crippen molar-refractivity contribution in [3.8, 4) is 0 Å². The van der Waals surface area contributed by atoms with E-state index < -0.39 is 0 Å². The van der Waals surface area contributed by atoms with Crippen molar-refractivity contribution in [1.82, 2.24) is 25.5 Å². The van der Waals surface area contributed by atoms with Gasteiger partial charge in [-0.25, -0.2) is 4.68 Å². The second-order valence-electron chi connectivity index (χ2n) is 9.23. The Morgan fingerprint density at radius 2 is 2.00 bits per heavy atom. The fraction of sp³-hybridized carbons (Fsp3) is 0.895. The van der Waals surface area contributed by atoms with Crippen LogP contribution in [0.4, 0.5) is 0 Å². The molecule has 27 heavy (non-hydrogen) atoms. The van der Waals surface area contributed by atoms with E-state index in [0.717, 1.165) is 37.2 Å². The predicted molar refractivity (Wildman–Crippen MR) is 101 cm³/mol. The normalized spacial score (nSPS) is 38.3. The lowest BCUT2D eigenvalue weighted by atomic mass is 9.53. The van der Waals surface area contributed by atoms with E-state index in [1.807, 2.05) is 6.92 Å². The molecule has 1 aromatic rings. The van der Waals surface area contributed by atoms with Gasteiger partial charge in [-0.15, -0.1) is 5.10 Å². The van der Waals surface area contributed by atoms with E-state index in [1.165, 1.54) is 50.3 Å². The molecule has 0 spiro atoms. The molecule has 4 saturated carbocycles. The Morgan fingerprint density at radius 1 is 1.30 bits per heavy atom. The molecule has 4 bridgehead atoms. The zero-order valence-corrected chi connectivity index (χ0v) is 16.8. The molecule has 8 heteroatoms. The second-order valence-corrected chi connectivity index (χ2v) is 10.5. The van der Waals surface area contributed by atoms with Gasteiger partial charge in [-0.3, -0.25) is 4.79 Å². The lowest BCUT2D eigenvalue weighted by Gasteiger charge is -2.57. The Kier molecular flexibility index (Phi) is 4.66. The first-order chi connectivity index (χ1) is 13.1. The highest BCUT2D eigenvalue weighted by Gasteiger charge is 2.51. The minimum atomic E-state index is -0.202. The number of hydrogen-bond donors (Lipinski definition) is 1. The summed E-state index contributed by atoms with van der Waals surface area (Å²) < 4.78 is 7.47. The van der Waals surface area contributed by atoms with Gasteiger partial charge in [-0.1, -0.05) is 11.8 Å². The maximum atomic E-state index is 13.0. The SMILES string of the molecule is CC(Sc1nnnn1CC1CCCO1)C(=O)NC12CC3CC(CC(C3)C1)C2. The second kappa shape index (κ2) is 7.03. The monoisotopic (exact) mass is 391 g/mol. The fourth-order valence-electron chi connectivity index (χ4n) is 6.22. The smallest absolute Gasteiger partial charge is 0.233 e. The summed E-state index contributed by atoms with van der Waals surface area (Å²) in [6.45, 7) is 3.45. The zero-order chi connectivity index (χ0) is 18.4. The molecule has 1 saturated heterocycles. The van der Waals surface area contributed by atoms with Crippen LogP contribution < -0.4 is 5.32 Å². The van der Waals surface area contributed by atoms with E-state index in [-0.39, 0.29) is 22.8 Å². The standard InChI is InChI=1S/C19H29N5O2S/c1-12(27-18-21-22-23-24(18)11-16-3-2-4-26-16)17(25)20-19-8-13-5-14(9-19)7-15(6-13)10-19/h12-16H,2-11H2,1H3,(H,20,25). The van der Waals surface area contributed by atoms with Crippen LogP contribution in [0.3, 0.4) is 0 Å². The fourth-order valence-corrected chi connectivity index (χ4v) is 7.01. The van der Waals surface area contributed by atoms with E-state index in [1.54, 1.807) is 4.68 Å². The third kappa shape index (κ3) is 3.62. The molecule has 6 rings (SSSR count). The largest absolute Gasteiger partial charge is 0.376 e. The van der Waals surface area contributed by atoms with Crippen molar-refractivity contribution in [2.75, 3.05) is 6.61 Å². The first-order valence-electron chi connectivity index (χ1n) is 10.4. The number of amides is 1. The van der Waals surface area contributed by atoms with Crippen LogP contribution in [-0.4, -0.2) is 49.6 Å². The van der Waals surface area contributed by atoms with Gasteiger partial charge in [0.15, 0.2) is 0 Å². The van der Waals surface area contributed by atoms with Crippen molar-refractivity contribution >= 4 is 17.7 Å². The van der Waals surface area contributed by atoms with Gasteiger partial charge >= 0.3 is 0 Å². The van der Waals surface area contributed by atoms with E-state index >= 15 is 0 Å². The summed E-state index contributed by atoms with van der Waals surface area (Å²) in [6.07, 6.45) is 10.0. The Balaban J connectivity index is 1.21. The molecule has 1 N–H and O–H groups in total. The van der Waals surface area contributed by atoms with E-state index in [9.17, 15) is 4.79 Å². The van der Waals surface area contributed by atoms with E-state index in [0.29, 0.717) is 11.7 Å². The summed E-state index contributed by atoms with van der Waals surface area (Å²) in [5.41, 5.74) is 0.0598. The van der Waals surface area contributed by atoms with Crippen LogP contribution in [0, 0.1) is 17.8 Å². The molecule has 5 aliphatic rings. The molecule has 2 atom stereocenters. The van der Waals surface area contributed by atoms with Gasteiger partial charge in [0.05, 0.1) is 17.9 Å². The zero-order valence-electron chi connectivity index (χ0n) is 16.0. The van der Waals surface area contributed by atoms with Crippen LogP contribution in [0.15, 0.2) is 5.16 Å². The number of ether oxygens (including phenoxy) is 1. The minimum absolute atomic E-state index is 0.0598. The summed E-state index contributed by atoms with van der Waals surface area (Å²) in [7, 11) is 0. The van der Waals surface area contributed by atoms with Gasteiger partial charge in [-0.2, -0.15) is 0 Å².